The Hall–Kier alpha value is -3.08. The minimum Gasteiger partial charge on any atom is -0.496 e. The van der Waals surface area contributed by atoms with Crippen molar-refractivity contribution in [2.45, 2.75) is 13.0 Å². The van der Waals surface area contributed by atoms with Gasteiger partial charge >= 0.3 is 0 Å². The van der Waals surface area contributed by atoms with Gasteiger partial charge in [0.15, 0.2) is 0 Å². The molecule has 2 aromatic carbocycles. The van der Waals surface area contributed by atoms with E-state index in [0.717, 1.165) is 16.9 Å². The van der Waals surface area contributed by atoms with Crippen LogP contribution in [0.5, 0.6) is 5.75 Å². The molecule has 0 aliphatic carbocycles. The number of aromatic nitrogens is 1. The summed E-state index contributed by atoms with van der Waals surface area (Å²) in [6.07, 6.45) is 1.69. The second-order valence-corrected chi connectivity index (χ2v) is 5.28. The summed E-state index contributed by atoms with van der Waals surface area (Å²) in [6.45, 7) is 0.409. The van der Waals surface area contributed by atoms with Crippen LogP contribution in [0.15, 0.2) is 65.3 Å². The predicted octanol–water partition coefficient (Wildman–Crippen LogP) is 3.21. The Kier molecular flexibility index (Phi) is 4.91. The van der Waals surface area contributed by atoms with E-state index in [1.807, 2.05) is 54.6 Å². The SMILES string of the molecule is COc1ccccc1CNC(=O)Cc1coc(-c2ccccc2)n1. The van der Waals surface area contributed by atoms with E-state index in [1.54, 1.807) is 7.11 Å². The van der Waals surface area contributed by atoms with Crippen LogP contribution in [0.25, 0.3) is 11.5 Å². The maximum absolute atomic E-state index is 12.1. The topological polar surface area (TPSA) is 64.4 Å². The number of carbonyl (C=O) groups is 1. The molecule has 0 aliphatic heterocycles. The van der Waals surface area contributed by atoms with Crippen molar-refractivity contribution >= 4 is 5.91 Å². The second-order valence-electron chi connectivity index (χ2n) is 5.28. The van der Waals surface area contributed by atoms with E-state index in [-0.39, 0.29) is 12.3 Å². The van der Waals surface area contributed by atoms with Gasteiger partial charge in [0.05, 0.1) is 19.2 Å². The van der Waals surface area contributed by atoms with Gasteiger partial charge in [-0.25, -0.2) is 4.98 Å². The smallest absolute Gasteiger partial charge is 0.226 e. The summed E-state index contributed by atoms with van der Waals surface area (Å²) in [5.74, 6) is 1.16. The van der Waals surface area contributed by atoms with Gasteiger partial charge < -0.3 is 14.5 Å². The molecule has 5 heteroatoms. The molecular weight excluding hydrogens is 304 g/mol. The van der Waals surface area contributed by atoms with Gasteiger partial charge in [0, 0.05) is 17.7 Å². The van der Waals surface area contributed by atoms with E-state index < -0.39 is 0 Å². The average Bonchev–Trinajstić information content (AvgIpc) is 3.09. The number of ether oxygens (including phenoxy) is 1. The molecule has 0 aliphatic rings. The Morgan fingerprint density at radius 1 is 1.12 bits per heavy atom. The molecule has 0 saturated heterocycles. The number of methoxy groups -OCH3 is 1. The average molecular weight is 322 g/mol. The fraction of sp³-hybridized carbons (Fsp3) is 0.158. The van der Waals surface area contributed by atoms with E-state index in [2.05, 4.69) is 10.3 Å². The van der Waals surface area contributed by atoms with Crippen LogP contribution in [0.2, 0.25) is 0 Å². The third kappa shape index (κ3) is 3.81. The van der Waals surface area contributed by atoms with Gasteiger partial charge in [-0.05, 0) is 18.2 Å². The summed E-state index contributed by atoms with van der Waals surface area (Å²) in [7, 11) is 1.61. The molecule has 1 heterocycles. The summed E-state index contributed by atoms with van der Waals surface area (Å²) in [5, 5.41) is 2.87. The number of oxazole rings is 1. The fourth-order valence-corrected chi connectivity index (χ4v) is 2.37. The Balaban J connectivity index is 1.58. The Labute approximate surface area is 140 Å². The van der Waals surface area contributed by atoms with Crippen molar-refractivity contribution in [3.05, 3.63) is 72.1 Å². The highest BCUT2D eigenvalue weighted by molar-refractivity contribution is 5.78. The molecule has 3 aromatic rings. The molecule has 1 amide bonds. The van der Waals surface area contributed by atoms with Crippen LogP contribution < -0.4 is 10.1 Å². The highest BCUT2D eigenvalue weighted by atomic mass is 16.5. The maximum Gasteiger partial charge on any atom is 0.226 e. The van der Waals surface area contributed by atoms with Crippen LogP contribution in [0.3, 0.4) is 0 Å². The Morgan fingerprint density at radius 2 is 1.88 bits per heavy atom. The van der Waals surface area contributed by atoms with Crippen molar-refractivity contribution in [2.24, 2.45) is 0 Å². The van der Waals surface area contributed by atoms with Gasteiger partial charge in [0.2, 0.25) is 11.8 Å². The summed E-state index contributed by atoms with van der Waals surface area (Å²) < 4.78 is 10.7. The van der Waals surface area contributed by atoms with Crippen LogP contribution in [-0.2, 0) is 17.8 Å². The van der Waals surface area contributed by atoms with E-state index in [0.29, 0.717) is 18.1 Å². The normalized spacial score (nSPS) is 10.4. The predicted molar refractivity (Wildman–Crippen MR) is 90.5 cm³/mol. The highest BCUT2D eigenvalue weighted by Crippen LogP contribution is 2.19. The summed E-state index contributed by atoms with van der Waals surface area (Å²) >= 11 is 0. The monoisotopic (exact) mass is 322 g/mol. The first-order chi connectivity index (χ1) is 11.8. The number of nitrogens with one attached hydrogen (secondary N) is 1. The van der Waals surface area contributed by atoms with Gasteiger partial charge in [0.25, 0.3) is 0 Å². The van der Waals surface area contributed by atoms with Crippen molar-refractivity contribution in [2.75, 3.05) is 7.11 Å². The van der Waals surface area contributed by atoms with E-state index >= 15 is 0 Å². The number of para-hydroxylation sites is 1. The van der Waals surface area contributed by atoms with Gasteiger partial charge in [-0.2, -0.15) is 0 Å². The lowest BCUT2D eigenvalue weighted by Crippen LogP contribution is -2.24. The first-order valence-corrected chi connectivity index (χ1v) is 7.64. The highest BCUT2D eigenvalue weighted by Gasteiger charge is 2.11. The standard InChI is InChI=1S/C19H18N2O3/c1-23-17-10-6-5-9-15(17)12-20-18(22)11-16-13-24-19(21-16)14-7-3-2-4-8-14/h2-10,13H,11-12H2,1H3,(H,20,22). The Bertz CT molecular complexity index is 812. The number of nitrogens with zero attached hydrogens (tertiary/aromatic N) is 1. The van der Waals surface area contributed by atoms with Crippen LogP contribution >= 0.6 is 0 Å². The molecule has 3 rings (SSSR count). The number of hydrogen-bond donors (Lipinski definition) is 1. The molecular formula is C19H18N2O3. The molecule has 5 nitrogen and oxygen atoms in total. The van der Waals surface area contributed by atoms with Gasteiger partial charge in [-0.3, -0.25) is 4.79 Å². The molecule has 1 aromatic heterocycles. The molecule has 1 N–H and O–H groups in total. The van der Waals surface area contributed by atoms with Crippen molar-refractivity contribution < 1.29 is 13.9 Å². The van der Waals surface area contributed by atoms with Gasteiger partial charge in [-0.1, -0.05) is 36.4 Å². The van der Waals surface area contributed by atoms with Crippen molar-refractivity contribution in [3.8, 4) is 17.2 Å². The van der Waals surface area contributed by atoms with E-state index in [4.69, 9.17) is 9.15 Å². The summed E-state index contributed by atoms with van der Waals surface area (Å²) in [6, 6.07) is 17.2. The molecule has 0 atom stereocenters. The number of rotatable bonds is 6. The van der Waals surface area contributed by atoms with Crippen LogP contribution in [0, 0.1) is 0 Å². The molecule has 0 fully saturated rings. The van der Waals surface area contributed by atoms with Crippen molar-refractivity contribution in [1.29, 1.82) is 0 Å². The zero-order chi connectivity index (χ0) is 16.8. The summed E-state index contributed by atoms with van der Waals surface area (Å²) in [5.41, 5.74) is 2.42. The first kappa shape index (κ1) is 15.8. The fourth-order valence-electron chi connectivity index (χ4n) is 2.37. The molecule has 122 valence electrons. The number of benzene rings is 2. The lowest BCUT2D eigenvalue weighted by molar-refractivity contribution is -0.120. The van der Waals surface area contributed by atoms with Gasteiger partial charge in [0.1, 0.15) is 12.0 Å². The zero-order valence-electron chi connectivity index (χ0n) is 13.4. The molecule has 24 heavy (non-hydrogen) atoms. The van der Waals surface area contributed by atoms with Crippen LogP contribution in [-0.4, -0.2) is 18.0 Å². The number of hydrogen-bond acceptors (Lipinski definition) is 4. The van der Waals surface area contributed by atoms with Gasteiger partial charge in [-0.15, -0.1) is 0 Å². The minimum absolute atomic E-state index is 0.117. The van der Waals surface area contributed by atoms with Crippen LogP contribution in [0.1, 0.15) is 11.3 Å². The first-order valence-electron chi connectivity index (χ1n) is 7.64. The molecule has 0 bridgehead atoms. The molecule has 0 saturated carbocycles. The third-order valence-corrected chi connectivity index (χ3v) is 3.58. The molecule has 0 radical (unpaired) electrons. The zero-order valence-corrected chi connectivity index (χ0v) is 13.4. The lowest BCUT2D eigenvalue weighted by atomic mass is 10.2. The summed E-state index contributed by atoms with van der Waals surface area (Å²) in [4.78, 5) is 16.5. The third-order valence-electron chi connectivity index (χ3n) is 3.58. The molecule has 0 spiro atoms. The largest absolute Gasteiger partial charge is 0.496 e. The van der Waals surface area contributed by atoms with Crippen molar-refractivity contribution in [1.82, 2.24) is 10.3 Å². The van der Waals surface area contributed by atoms with Crippen LogP contribution in [0.4, 0.5) is 0 Å². The molecule has 0 unspecified atom stereocenters. The maximum atomic E-state index is 12.1. The minimum atomic E-state index is -0.117. The van der Waals surface area contributed by atoms with E-state index in [1.165, 1.54) is 6.26 Å². The van der Waals surface area contributed by atoms with E-state index in [9.17, 15) is 4.79 Å². The second kappa shape index (κ2) is 7.46. The Morgan fingerprint density at radius 3 is 2.67 bits per heavy atom. The quantitative estimate of drug-likeness (QED) is 0.757. The number of amides is 1. The van der Waals surface area contributed by atoms with Crippen molar-refractivity contribution in [3.63, 3.8) is 0 Å². The lowest BCUT2D eigenvalue weighted by Gasteiger charge is -2.08. The number of carbonyl (C=O) groups excluding carboxylic acids is 1.